The van der Waals surface area contributed by atoms with E-state index in [2.05, 4.69) is 17.3 Å². The number of carbonyl (C=O) groups is 1. The lowest BCUT2D eigenvalue weighted by Gasteiger charge is -2.32. The number of carbonyl (C=O) groups excluding carboxylic acids is 1. The van der Waals surface area contributed by atoms with Crippen molar-refractivity contribution in [2.75, 3.05) is 33.3 Å². The number of aliphatic hydroxyl groups is 1. The van der Waals surface area contributed by atoms with E-state index in [-0.39, 0.29) is 12.4 Å². The molecule has 2 atom stereocenters. The molecule has 0 aliphatic carbocycles. The molecule has 0 saturated carbocycles. The van der Waals surface area contributed by atoms with Crippen molar-refractivity contribution in [2.45, 2.75) is 44.8 Å². The highest BCUT2D eigenvalue weighted by molar-refractivity contribution is 5.69. The second kappa shape index (κ2) is 8.45. The minimum atomic E-state index is -0.655. The number of likely N-dealkylation sites (tertiary alicyclic amines) is 1. The van der Waals surface area contributed by atoms with E-state index in [1.54, 1.807) is 6.92 Å². The molecule has 1 aliphatic rings. The number of esters is 1. The average molecular weight is 258 g/mol. The number of rotatable bonds is 7. The molecule has 0 bridgehead atoms. The van der Waals surface area contributed by atoms with E-state index < -0.39 is 6.10 Å². The summed E-state index contributed by atoms with van der Waals surface area (Å²) in [6, 6.07) is 0.550. The predicted molar refractivity (Wildman–Crippen MR) is 70.4 cm³/mol. The second-order valence-corrected chi connectivity index (χ2v) is 4.95. The number of aliphatic hydroxyl groups excluding tert-OH is 1. The van der Waals surface area contributed by atoms with Crippen molar-refractivity contribution < 1.29 is 14.6 Å². The Morgan fingerprint density at radius 2 is 2.33 bits per heavy atom. The molecule has 0 aromatic rings. The molecule has 5 nitrogen and oxygen atoms in total. The summed E-state index contributed by atoms with van der Waals surface area (Å²) in [7, 11) is 2.14. The Hall–Kier alpha value is -0.650. The summed E-state index contributed by atoms with van der Waals surface area (Å²) in [5, 5.41) is 12.9. The maximum Gasteiger partial charge on any atom is 0.308 e. The number of nitrogens with one attached hydrogen (secondary N) is 1. The van der Waals surface area contributed by atoms with Crippen LogP contribution in [-0.2, 0) is 9.53 Å². The van der Waals surface area contributed by atoms with Gasteiger partial charge >= 0.3 is 5.97 Å². The molecule has 106 valence electrons. The van der Waals surface area contributed by atoms with Crippen LogP contribution in [0.4, 0.5) is 0 Å². The summed E-state index contributed by atoms with van der Waals surface area (Å²) >= 11 is 0. The molecule has 1 heterocycles. The average Bonchev–Trinajstić information content (AvgIpc) is 2.31. The first kappa shape index (κ1) is 15.4. The molecule has 5 heteroatoms. The lowest BCUT2D eigenvalue weighted by molar-refractivity contribution is -0.145. The van der Waals surface area contributed by atoms with Gasteiger partial charge in [0.25, 0.3) is 0 Å². The van der Waals surface area contributed by atoms with Gasteiger partial charge in [0.2, 0.25) is 0 Å². The normalized spacial score (nSPS) is 22.7. The second-order valence-electron chi connectivity index (χ2n) is 4.95. The maximum absolute atomic E-state index is 11.2. The number of piperidine rings is 1. The molecule has 18 heavy (non-hydrogen) atoms. The highest BCUT2D eigenvalue weighted by Crippen LogP contribution is 2.13. The van der Waals surface area contributed by atoms with Gasteiger partial charge in [0.15, 0.2) is 0 Å². The number of likely N-dealkylation sites (N-methyl/N-ethyl adjacent to an activating group) is 1. The van der Waals surface area contributed by atoms with Crippen molar-refractivity contribution in [3.63, 3.8) is 0 Å². The van der Waals surface area contributed by atoms with Crippen molar-refractivity contribution in [2.24, 2.45) is 0 Å². The number of hydrogen-bond acceptors (Lipinski definition) is 5. The van der Waals surface area contributed by atoms with Gasteiger partial charge in [-0.15, -0.1) is 0 Å². The van der Waals surface area contributed by atoms with Crippen molar-refractivity contribution in [3.05, 3.63) is 0 Å². The molecular weight excluding hydrogens is 232 g/mol. The predicted octanol–water partition coefficient (Wildman–Crippen LogP) is 0.374. The monoisotopic (exact) mass is 258 g/mol. The molecule has 0 spiro atoms. The molecule has 0 aromatic carbocycles. The molecule has 1 fully saturated rings. The van der Waals surface area contributed by atoms with E-state index in [0.29, 0.717) is 19.2 Å². The third kappa shape index (κ3) is 5.80. The summed E-state index contributed by atoms with van der Waals surface area (Å²) < 4.78 is 4.79. The van der Waals surface area contributed by atoms with Crippen LogP contribution in [0.15, 0.2) is 0 Å². The Bertz CT molecular complexity index is 248. The Labute approximate surface area is 109 Å². The highest BCUT2D eigenvalue weighted by atomic mass is 16.5. The molecule has 1 aliphatic heterocycles. The van der Waals surface area contributed by atoms with Gasteiger partial charge in [0, 0.05) is 19.1 Å². The lowest BCUT2D eigenvalue weighted by Crippen LogP contribution is -2.44. The van der Waals surface area contributed by atoms with Crippen LogP contribution >= 0.6 is 0 Å². The number of ether oxygens (including phenoxy) is 1. The first-order valence-electron chi connectivity index (χ1n) is 6.88. The Balaban J connectivity index is 2.10. The molecular formula is C13H26N2O3. The summed E-state index contributed by atoms with van der Waals surface area (Å²) in [6.45, 7) is 4.60. The number of hydrogen-bond donors (Lipinski definition) is 2. The van der Waals surface area contributed by atoms with E-state index in [0.717, 1.165) is 13.1 Å². The molecule has 1 saturated heterocycles. The van der Waals surface area contributed by atoms with Crippen LogP contribution in [0.5, 0.6) is 0 Å². The van der Waals surface area contributed by atoms with E-state index in [1.807, 2.05) is 0 Å². The summed E-state index contributed by atoms with van der Waals surface area (Å²) in [4.78, 5) is 13.5. The molecule has 0 radical (unpaired) electrons. The van der Waals surface area contributed by atoms with Crippen molar-refractivity contribution in [1.29, 1.82) is 0 Å². The largest absolute Gasteiger partial charge is 0.466 e. The fourth-order valence-corrected chi connectivity index (χ4v) is 2.30. The van der Waals surface area contributed by atoms with Gasteiger partial charge in [-0.3, -0.25) is 4.79 Å². The zero-order valence-electron chi connectivity index (χ0n) is 11.5. The first-order valence-corrected chi connectivity index (χ1v) is 6.88. The third-order valence-corrected chi connectivity index (χ3v) is 3.39. The standard InChI is InChI=1S/C13H26N2O3/c1-3-18-13(17)8-12(16)10-14-9-11-6-4-5-7-15(11)2/h11-12,14,16H,3-10H2,1-2H3. The van der Waals surface area contributed by atoms with Crippen LogP contribution in [0.2, 0.25) is 0 Å². The SMILES string of the molecule is CCOC(=O)CC(O)CNCC1CCCCN1C. The van der Waals surface area contributed by atoms with Gasteiger partial charge in [0.1, 0.15) is 0 Å². The van der Waals surface area contributed by atoms with Gasteiger partial charge in [-0.25, -0.2) is 0 Å². The smallest absolute Gasteiger partial charge is 0.308 e. The topological polar surface area (TPSA) is 61.8 Å². The van der Waals surface area contributed by atoms with Crippen LogP contribution in [0.1, 0.15) is 32.6 Å². The van der Waals surface area contributed by atoms with Crippen LogP contribution in [0, 0.1) is 0 Å². The van der Waals surface area contributed by atoms with Gasteiger partial charge in [-0.2, -0.15) is 0 Å². The van der Waals surface area contributed by atoms with Crippen molar-refractivity contribution in [1.82, 2.24) is 10.2 Å². The van der Waals surface area contributed by atoms with Crippen LogP contribution in [0.25, 0.3) is 0 Å². The van der Waals surface area contributed by atoms with E-state index in [9.17, 15) is 9.90 Å². The number of nitrogens with zero attached hydrogens (tertiary/aromatic N) is 1. The van der Waals surface area contributed by atoms with Gasteiger partial charge in [-0.05, 0) is 33.4 Å². The third-order valence-electron chi connectivity index (χ3n) is 3.39. The Morgan fingerprint density at radius 1 is 1.56 bits per heavy atom. The van der Waals surface area contributed by atoms with Gasteiger partial charge in [-0.1, -0.05) is 6.42 Å². The van der Waals surface area contributed by atoms with Crippen LogP contribution < -0.4 is 5.32 Å². The van der Waals surface area contributed by atoms with Crippen LogP contribution in [-0.4, -0.2) is 61.4 Å². The molecule has 0 amide bonds. The van der Waals surface area contributed by atoms with E-state index in [1.165, 1.54) is 19.3 Å². The molecule has 1 rings (SSSR count). The fraction of sp³-hybridized carbons (Fsp3) is 0.923. The zero-order valence-corrected chi connectivity index (χ0v) is 11.5. The zero-order chi connectivity index (χ0) is 13.4. The Kier molecular flexibility index (Phi) is 7.23. The van der Waals surface area contributed by atoms with Gasteiger partial charge < -0.3 is 20.1 Å². The fourth-order valence-electron chi connectivity index (χ4n) is 2.30. The molecule has 2 N–H and O–H groups in total. The molecule has 0 aromatic heterocycles. The summed E-state index contributed by atoms with van der Waals surface area (Å²) in [6.07, 6.45) is 3.18. The van der Waals surface area contributed by atoms with Crippen LogP contribution in [0.3, 0.4) is 0 Å². The van der Waals surface area contributed by atoms with E-state index >= 15 is 0 Å². The lowest BCUT2D eigenvalue weighted by atomic mass is 10.0. The maximum atomic E-state index is 11.2. The van der Waals surface area contributed by atoms with Crippen molar-refractivity contribution in [3.8, 4) is 0 Å². The summed E-state index contributed by atoms with van der Waals surface area (Å²) in [5.74, 6) is -0.332. The van der Waals surface area contributed by atoms with Gasteiger partial charge in [0.05, 0.1) is 19.1 Å². The van der Waals surface area contributed by atoms with E-state index in [4.69, 9.17) is 4.74 Å². The minimum Gasteiger partial charge on any atom is -0.466 e. The molecule has 2 unspecified atom stereocenters. The Morgan fingerprint density at radius 3 is 3.00 bits per heavy atom. The highest BCUT2D eigenvalue weighted by Gasteiger charge is 2.19. The first-order chi connectivity index (χ1) is 8.63. The summed E-state index contributed by atoms with van der Waals surface area (Å²) in [5.41, 5.74) is 0. The van der Waals surface area contributed by atoms with Crippen molar-refractivity contribution >= 4 is 5.97 Å². The quantitative estimate of drug-likeness (QED) is 0.646. The minimum absolute atomic E-state index is 0.0708.